The fourth-order valence-corrected chi connectivity index (χ4v) is 1.95. The molecule has 0 bridgehead atoms. The van der Waals surface area contributed by atoms with Gasteiger partial charge in [-0.1, -0.05) is 26.8 Å². The van der Waals surface area contributed by atoms with Crippen molar-refractivity contribution >= 4 is 16.8 Å². The van der Waals surface area contributed by atoms with Crippen molar-refractivity contribution in [3.8, 4) is 5.88 Å². The number of carbonyl (C=O) groups excluding carboxylic acids is 1. The van der Waals surface area contributed by atoms with E-state index in [2.05, 4.69) is 28.8 Å². The number of hydrogen-bond donors (Lipinski definition) is 1. The van der Waals surface area contributed by atoms with E-state index in [1.807, 2.05) is 19.2 Å². The Morgan fingerprint density at radius 1 is 1.43 bits per heavy atom. The van der Waals surface area contributed by atoms with E-state index < -0.39 is 0 Å². The van der Waals surface area contributed by atoms with Gasteiger partial charge in [0.1, 0.15) is 12.0 Å². The molecule has 0 spiro atoms. The summed E-state index contributed by atoms with van der Waals surface area (Å²) in [5.41, 5.74) is 1.79. The maximum atomic E-state index is 11.3. The van der Waals surface area contributed by atoms with E-state index in [0.29, 0.717) is 31.2 Å². The van der Waals surface area contributed by atoms with Gasteiger partial charge in [0.05, 0.1) is 12.0 Å². The van der Waals surface area contributed by atoms with E-state index >= 15 is 0 Å². The molecule has 0 aliphatic carbocycles. The zero-order valence-electron chi connectivity index (χ0n) is 12.7. The number of nitrogens with one attached hydrogen (secondary N) is 1. The predicted octanol–water partition coefficient (Wildman–Crippen LogP) is 3.07. The molecule has 0 aliphatic heterocycles. The quantitative estimate of drug-likeness (QED) is 0.795. The molecule has 0 unspecified atom stereocenters. The lowest BCUT2D eigenvalue weighted by Crippen LogP contribution is -2.06. The highest BCUT2D eigenvalue weighted by Crippen LogP contribution is 2.26. The van der Waals surface area contributed by atoms with Gasteiger partial charge in [0, 0.05) is 12.6 Å². The van der Waals surface area contributed by atoms with Gasteiger partial charge < -0.3 is 9.72 Å². The monoisotopic (exact) mass is 287 g/mol. The first-order valence-electron chi connectivity index (χ1n) is 7.25. The number of fused-ring (bicyclic) bond motifs is 1. The molecular formula is C16H21N3O2. The van der Waals surface area contributed by atoms with Crippen LogP contribution in [-0.2, 0) is 11.2 Å². The van der Waals surface area contributed by atoms with Crippen LogP contribution < -0.4 is 4.74 Å². The summed E-state index contributed by atoms with van der Waals surface area (Å²) in [5, 5.41) is 0.895. The molecule has 0 aliphatic rings. The number of carbonyl (C=O) groups is 1. The lowest BCUT2D eigenvalue weighted by Gasteiger charge is -2.08. The van der Waals surface area contributed by atoms with E-state index in [1.54, 1.807) is 6.08 Å². The van der Waals surface area contributed by atoms with Gasteiger partial charge in [-0.25, -0.2) is 9.97 Å². The van der Waals surface area contributed by atoms with Gasteiger partial charge in [-0.2, -0.15) is 0 Å². The van der Waals surface area contributed by atoms with E-state index in [1.165, 1.54) is 6.33 Å². The zero-order valence-corrected chi connectivity index (χ0v) is 12.7. The van der Waals surface area contributed by atoms with E-state index in [-0.39, 0.29) is 5.78 Å². The summed E-state index contributed by atoms with van der Waals surface area (Å²) in [6, 6.07) is 0. The third-order valence-electron chi connectivity index (χ3n) is 3.06. The second kappa shape index (κ2) is 7.02. The van der Waals surface area contributed by atoms with Crippen LogP contribution in [0.2, 0.25) is 0 Å². The maximum absolute atomic E-state index is 11.3. The Kier molecular flexibility index (Phi) is 5.09. The summed E-state index contributed by atoms with van der Waals surface area (Å²) in [7, 11) is 0. The van der Waals surface area contributed by atoms with Crippen molar-refractivity contribution in [2.45, 2.75) is 33.6 Å². The highest BCUT2D eigenvalue weighted by molar-refractivity contribution is 5.89. The number of hydrogen-bond acceptors (Lipinski definition) is 4. The Balaban J connectivity index is 2.23. The summed E-state index contributed by atoms with van der Waals surface area (Å²) in [6.07, 6.45) is 8.05. The van der Waals surface area contributed by atoms with Crippen LogP contribution in [0.15, 0.2) is 24.7 Å². The fraction of sp³-hybridized carbons (Fsp3) is 0.438. The predicted molar refractivity (Wildman–Crippen MR) is 82.4 cm³/mol. The van der Waals surface area contributed by atoms with E-state index in [4.69, 9.17) is 4.74 Å². The Hall–Kier alpha value is -2.17. The highest BCUT2D eigenvalue weighted by Gasteiger charge is 2.12. The van der Waals surface area contributed by atoms with Crippen molar-refractivity contribution in [1.29, 1.82) is 0 Å². The minimum atomic E-state index is 0.127. The number of aromatic nitrogens is 3. The van der Waals surface area contributed by atoms with Crippen molar-refractivity contribution < 1.29 is 9.53 Å². The van der Waals surface area contributed by atoms with Crippen molar-refractivity contribution in [3.63, 3.8) is 0 Å². The largest absolute Gasteiger partial charge is 0.477 e. The molecule has 0 radical (unpaired) electrons. The average molecular weight is 287 g/mol. The van der Waals surface area contributed by atoms with Gasteiger partial charge in [0.25, 0.3) is 0 Å². The molecule has 2 aromatic heterocycles. The van der Waals surface area contributed by atoms with E-state index in [0.717, 1.165) is 16.6 Å². The molecule has 0 fully saturated rings. The van der Waals surface area contributed by atoms with E-state index in [9.17, 15) is 4.79 Å². The number of allylic oxidation sites excluding steroid dienone is 2. The highest BCUT2D eigenvalue weighted by atomic mass is 16.5. The van der Waals surface area contributed by atoms with Gasteiger partial charge in [0.15, 0.2) is 5.78 Å². The van der Waals surface area contributed by atoms with Gasteiger partial charge in [-0.3, -0.25) is 4.79 Å². The molecule has 0 amide bonds. The number of nitrogens with zero attached hydrogens (tertiary/aromatic N) is 2. The molecular weight excluding hydrogens is 266 g/mol. The average Bonchev–Trinajstić information content (AvgIpc) is 2.88. The van der Waals surface area contributed by atoms with Crippen molar-refractivity contribution in [1.82, 2.24) is 15.0 Å². The summed E-state index contributed by atoms with van der Waals surface area (Å²) in [4.78, 5) is 22.9. The molecule has 0 atom stereocenters. The fourth-order valence-electron chi connectivity index (χ4n) is 1.95. The number of ketones is 1. The van der Waals surface area contributed by atoms with Gasteiger partial charge in [0.2, 0.25) is 5.88 Å². The Bertz CT molecular complexity index is 644. The SMILES string of the molecule is CCC(=O)C=CCc1c[nH]c2ncnc(OCC(C)C)c12. The zero-order chi connectivity index (χ0) is 15.2. The van der Waals surface area contributed by atoms with Gasteiger partial charge >= 0.3 is 0 Å². The van der Waals surface area contributed by atoms with Gasteiger partial charge in [-0.05, 0) is 24.0 Å². The number of aromatic amines is 1. The first-order valence-corrected chi connectivity index (χ1v) is 7.25. The molecule has 0 saturated heterocycles. The lowest BCUT2D eigenvalue weighted by atomic mass is 10.1. The number of ether oxygens (including phenoxy) is 1. The van der Waals surface area contributed by atoms with Crippen molar-refractivity contribution in [2.24, 2.45) is 5.92 Å². The Morgan fingerprint density at radius 3 is 2.95 bits per heavy atom. The number of H-pyrrole nitrogens is 1. The van der Waals surface area contributed by atoms with Crippen LogP contribution in [0.4, 0.5) is 0 Å². The normalized spacial score (nSPS) is 11.6. The maximum Gasteiger partial charge on any atom is 0.226 e. The summed E-state index contributed by atoms with van der Waals surface area (Å²) in [6.45, 7) is 6.65. The first kappa shape index (κ1) is 15.2. The minimum Gasteiger partial charge on any atom is -0.477 e. The Labute approximate surface area is 124 Å². The molecule has 5 nitrogen and oxygen atoms in total. The molecule has 0 saturated carbocycles. The molecule has 1 N–H and O–H groups in total. The second-order valence-electron chi connectivity index (χ2n) is 5.35. The van der Waals surface area contributed by atoms with Crippen LogP contribution >= 0.6 is 0 Å². The topological polar surface area (TPSA) is 67.9 Å². The lowest BCUT2D eigenvalue weighted by molar-refractivity contribution is -0.114. The van der Waals surface area contributed by atoms with Crippen LogP contribution in [0.5, 0.6) is 5.88 Å². The van der Waals surface area contributed by atoms with Crippen molar-refractivity contribution in [3.05, 3.63) is 30.2 Å². The first-order chi connectivity index (χ1) is 10.1. The third-order valence-corrected chi connectivity index (χ3v) is 3.06. The minimum absolute atomic E-state index is 0.127. The molecule has 0 aromatic carbocycles. The molecule has 2 rings (SSSR count). The summed E-state index contributed by atoms with van der Waals surface area (Å²) >= 11 is 0. The molecule has 2 aromatic rings. The second-order valence-corrected chi connectivity index (χ2v) is 5.35. The standard InChI is InChI=1S/C16H21N3O2/c1-4-13(20)7-5-6-12-8-17-15-14(12)16(19-10-18-15)21-9-11(2)3/h5,7-8,10-11H,4,6,9H2,1-3H3,(H,17,18,19). The molecule has 112 valence electrons. The third kappa shape index (κ3) is 3.90. The van der Waals surface area contributed by atoms with Crippen molar-refractivity contribution in [2.75, 3.05) is 6.61 Å². The van der Waals surface area contributed by atoms with Crippen LogP contribution in [0.3, 0.4) is 0 Å². The van der Waals surface area contributed by atoms with Crippen LogP contribution in [0, 0.1) is 5.92 Å². The van der Waals surface area contributed by atoms with Gasteiger partial charge in [-0.15, -0.1) is 0 Å². The van der Waals surface area contributed by atoms with Crippen LogP contribution in [0.1, 0.15) is 32.8 Å². The molecule has 5 heteroatoms. The number of rotatable bonds is 7. The summed E-state index contributed by atoms with van der Waals surface area (Å²) in [5.74, 6) is 1.15. The smallest absolute Gasteiger partial charge is 0.226 e. The summed E-state index contributed by atoms with van der Waals surface area (Å²) < 4.78 is 5.77. The van der Waals surface area contributed by atoms with Crippen LogP contribution in [0.25, 0.3) is 11.0 Å². The Morgan fingerprint density at radius 2 is 2.24 bits per heavy atom. The van der Waals surface area contributed by atoms with Crippen LogP contribution in [-0.4, -0.2) is 27.3 Å². The molecule has 21 heavy (non-hydrogen) atoms. The molecule has 2 heterocycles.